The van der Waals surface area contributed by atoms with Crippen LogP contribution in [0.3, 0.4) is 0 Å². The summed E-state index contributed by atoms with van der Waals surface area (Å²) in [5, 5.41) is 0. The van der Waals surface area contributed by atoms with E-state index in [1.54, 1.807) is 0 Å². The standard InChI is InChI=1S/C14H23NO/c1-3-16-9-5-8-14(15)11-13-7-4-6-12(2)10-13/h4,6-7,10,14H,3,5,8-9,11,15H2,1-2H3. The van der Waals surface area contributed by atoms with Gasteiger partial charge in [0.1, 0.15) is 0 Å². The first-order chi connectivity index (χ1) is 7.72. The normalized spacial score (nSPS) is 12.7. The molecule has 0 heterocycles. The second-order valence-corrected chi connectivity index (χ2v) is 4.29. The second kappa shape index (κ2) is 7.42. The van der Waals surface area contributed by atoms with E-state index in [4.69, 9.17) is 10.5 Å². The number of nitrogens with two attached hydrogens (primary N) is 1. The minimum absolute atomic E-state index is 0.252. The van der Waals surface area contributed by atoms with Gasteiger partial charge in [-0.2, -0.15) is 0 Å². The summed E-state index contributed by atoms with van der Waals surface area (Å²) in [6, 6.07) is 8.82. The highest BCUT2D eigenvalue weighted by molar-refractivity contribution is 5.22. The van der Waals surface area contributed by atoms with E-state index in [0.29, 0.717) is 0 Å². The Kier molecular flexibility index (Phi) is 6.12. The zero-order valence-corrected chi connectivity index (χ0v) is 10.4. The molecule has 90 valence electrons. The van der Waals surface area contributed by atoms with Gasteiger partial charge in [0.25, 0.3) is 0 Å². The highest BCUT2D eigenvalue weighted by atomic mass is 16.5. The zero-order chi connectivity index (χ0) is 11.8. The smallest absolute Gasteiger partial charge is 0.0466 e. The average Bonchev–Trinajstić information content (AvgIpc) is 2.24. The van der Waals surface area contributed by atoms with Gasteiger partial charge in [-0.25, -0.2) is 0 Å². The van der Waals surface area contributed by atoms with Crippen molar-refractivity contribution in [1.29, 1.82) is 0 Å². The molecule has 16 heavy (non-hydrogen) atoms. The van der Waals surface area contributed by atoms with E-state index in [2.05, 4.69) is 31.2 Å². The summed E-state index contributed by atoms with van der Waals surface area (Å²) in [7, 11) is 0. The van der Waals surface area contributed by atoms with Gasteiger partial charge in [0, 0.05) is 19.3 Å². The van der Waals surface area contributed by atoms with Gasteiger partial charge in [0.2, 0.25) is 0 Å². The summed E-state index contributed by atoms with van der Waals surface area (Å²) in [5.41, 5.74) is 8.72. The molecule has 1 aromatic rings. The summed E-state index contributed by atoms with van der Waals surface area (Å²) in [4.78, 5) is 0. The third-order valence-electron chi connectivity index (χ3n) is 2.65. The Hall–Kier alpha value is -0.860. The minimum Gasteiger partial charge on any atom is -0.382 e. The third kappa shape index (κ3) is 5.29. The first kappa shape index (κ1) is 13.2. The number of ether oxygens (including phenoxy) is 1. The van der Waals surface area contributed by atoms with Crippen molar-refractivity contribution in [2.24, 2.45) is 5.73 Å². The van der Waals surface area contributed by atoms with Gasteiger partial charge >= 0.3 is 0 Å². The largest absolute Gasteiger partial charge is 0.382 e. The van der Waals surface area contributed by atoms with Crippen LogP contribution in [0.1, 0.15) is 30.9 Å². The van der Waals surface area contributed by atoms with Crippen molar-refractivity contribution in [2.45, 2.75) is 39.2 Å². The van der Waals surface area contributed by atoms with Gasteiger partial charge in [0.15, 0.2) is 0 Å². The molecule has 0 bridgehead atoms. The maximum Gasteiger partial charge on any atom is 0.0466 e. The van der Waals surface area contributed by atoms with E-state index in [0.717, 1.165) is 32.5 Å². The summed E-state index contributed by atoms with van der Waals surface area (Å²) in [5.74, 6) is 0. The molecule has 1 atom stereocenters. The molecule has 2 heteroatoms. The second-order valence-electron chi connectivity index (χ2n) is 4.29. The van der Waals surface area contributed by atoms with E-state index in [1.165, 1.54) is 11.1 Å². The van der Waals surface area contributed by atoms with Gasteiger partial charge in [-0.1, -0.05) is 29.8 Å². The summed E-state index contributed by atoms with van der Waals surface area (Å²) in [6.45, 7) is 5.77. The molecular weight excluding hydrogens is 198 g/mol. The lowest BCUT2D eigenvalue weighted by Crippen LogP contribution is -2.23. The van der Waals surface area contributed by atoms with Gasteiger partial charge in [-0.05, 0) is 38.7 Å². The first-order valence-electron chi connectivity index (χ1n) is 6.11. The van der Waals surface area contributed by atoms with Crippen molar-refractivity contribution in [2.75, 3.05) is 13.2 Å². The van der Waals surface area contributed by atoms with Crippen molar-refractivity contribution in [3.05, 3.63) is 35.4 Å². The molecule has 2 N–H and O–H groups in total. The lowest BCUT2D eigenvalue weighted by Gasteiger charge is -2.11. The molecule has 1 rings (SSSR count). The van der Waals surface area contributed by atoms with Crippen molar-refractivity contribution in [3.8, 4) is 0 Å². The van der Waals surface area contributed by atoms with Crippen LogP contribution in [0, 0.1) is 6.92 Å². The highest BCUT2D eigenvalue weighted by Crippen LogP contribution is 2.08. The van der Waals surface area contributed by atoms with Crippen LogP contribution in [0.15, 0.2) is 24.3 Å². The molecule has 2 nitrogen and oxygen atoms in total. The van der Waals surface area contributed by atoms with Crippen LogP contribution in [-0.4, -0.2) is 19.3 Å². The molecule has 0 fully saturated rings. The monoisotopic (exact) mass is 221 g/mol. The molecule has 0 aliphatic heterocycles. The molecule has 0 amide bonds. The fourth-order valence-corrected chi connectivity index (χ4v) is 1.84. The Balaban J connectivity index is 2.25. The van der Waals surface area contributed by atoms with Gasteiger partial charge < -0.3 is 10.5 Å². The maximum atomic E-state index is 6.08. The predicted octanol–water partition coefficient (Wildman–Crippen LogP) is 2.68. The van der Waals surface area contributed by atoms with Crippen LogP contribution in [0.4, 0.5) is 0 Å². The quantitative estimate of drug-likeness (QED) is 0.718. The molecule has 0 saturated heterocycles. The average molecular weight is 221 g/mol. The number of hydrogen-bond donors (Lipinski definition) is 1. The van der Waals surface area contributed by atoms with Gasteiger partial charge in [-0.15, -0.1) is 0 Å². The predicted molar refractivity (Wildman–Crippen MR) is 68.6 cm³/mol. The Morgan fingerprint density at radius 2 is 2.19 bits per heavy atom. The van der Waals surface area contributed by atoms with Crippen molar-refractivity contribution < 1.29 is 4.74 Å². The minimum atomic E-state index is 0.252. The summed E-state index contributed by atoms with van der Waals surface area (Å²) >= 11 is 0. The molecular formula is C14H23NO. The molecule has 1 aromatic carbocycles. The Labute approximate surface area is 98.8 Å². The van der Waals surface area contributed by atoms with Crippen molar-refractivity contribution in [1.82, 2.24) is 0 Å². The fourth-order valence-electron chi connectivity index (χ4n) is 1.84. The molecule has 0 saturated carbocycles. The Morgan fingerprint density at radius 3 is 2.88 bits per heavy atom. The number of rotatable bonds is 7. The van der Waals surface area contributed by atoms with Crippen LogP contribution < -0.4 is 5.73 Å². The highest BCUT2D eigenvalue weighted by Gasteiger charge is 2.03. The molecule has 0 aromatic heterocycles. The lowest BCUT2D eigenvalue weighted by atomic mass is 10.0. The fraction of sp³-hybridized carbons (Fsp3) is 0.571. The molecule has 0 radical (unpaired) electrons. The summed E-state index contributed by atoms with van der Waals surface area (Å²) < 4.78 is 5.30. The molecule has 1 unspecified atom stereocenters. The van der Waals surface area contributed by atoms with Crippen LogP contribution in [0.2, 0.25) is 0 Å². The van der Waals surface area contributed by atoms with E-state index < -0.39 is 0 Å². The third-order valence-corrected chi connectivity index (χ3v) is 2.65. The first-order valence-corrected chi connectivity index (χ1v) is 6.11. The van der Waals surface area contributed by atoms with E-state index >= 15 is 0 Å². The van der Waals surface area contributed by atoms with E-state index in [-0.39, 0.29) is 6.04 Å². The molecule has 0 spiro atoms. The SMILES string of the molecule is CCOCCCC(N)Cc1cccc(C)c1. The maximum absolute atomic E-state index is 6.08. The topological polar surface area (TPSA) is 35.2 Å². The van der Waals surface area contributed by atoms with Crippen LogP contribution in [0.25, 0.3) is 0 Å². The lowest BCUT2D eigenvalue weighted by molar-refractivity contribution is 0.142. The van der Waals surface area contributed by atoms with Crippen LogP contribution in [-0.2, 0) is 11.2 Å². The van der Waals surface area contributed by atoms with E-state index in [1.807, 2.05) is 6.92 Å². The Bertz CT molecular complexity index is 299. The number of hydrogen-bond acceptors (Lipinski definition) is 2. The van der Waals surface area contributed by atoms with Crippen molar-refractivity contribution in [3.63, 3.8) is 0 Å². The molecule has 0 aliphatic rings. The van der Waals surface area contributed by atoms with Gasteiger partial charge in [0.05, 0.1) is 0 Å². The van der Waals surface area contributed by atoms with Crippen LogP contribution >= 0.6 is 0 Å². The van der Waals surface area contributed by atoms with Gasteiger partial charge in [-0.3, -0.25) is 0 Å². The van der Waals surface area contributed by atoms with Crippen LogP contribution in [0.5, 0.6) is 0 Å². The number of benzene rings is 1. The summed E-state index contributed by atoms with van der Waals surface area (Å²) in [6.07, 6.45) is 3.06. The molecule has 0 aliphatic carbocycles. The number of aryl methyl sites for hydroxylation is 1. The zero-order valence-electron chi connectivity index (χ0n) is 10.4. The van der Waals surface area contributed by atoms with E-state index in [9.17, 15) is 0 Å². The Morgan fingerprint density at radius 1 is 1.38 bits per heavy atom. The van der Waals surface area contributed by atoms with Crippen molar-refractivity contribution >= 4 is 0 Å².